The topological polar surface area (TPSA) is 67.4 Å². The van der Waals surface area contributed by atoms with Crippen LogP contribution in [0.15, 0.2) is 29.5 Å². The summed E-state index contributed by atoms with van der Waals surface area (Å²) in [5.41, 5.74) is 1.93. The van der Waals surface area contributed by atoms with Crippen LogP contribution in [0.1, 0.15) is 32.4 Å². The van der Waals surface area contributed by atoms with Crippen molar-refractivity contribution < 1.29 is 14.3 Å². The quantitative estimate of drug-likeness (QED) is 0.764. The fraction of sp³-hybridized carbons (Fsp3) is 0.333. The number of urea groups is 1. The first-order valence-corrected chi connectivity index (χ1v) is 7.73. The highest BCUT2D eigenvalue weighted by atomic mass is 127. The Hall–Kier alpha value is -1.57. The van der Waals surface area contributed by atoms with E-state index < -0.39 is 6.04 Å². The van der Waals surface area contributed by atoms with Gasteiger partial charge in [-0.05, 0) is 61.6 Å². The first kappa shape index (κ1) is 15.8. The van der Waals surface area contributed by atoms with Crippen LogP contribution in [0, 0.1) is 3.57 Å². The number of rotatable bonds is 4. The van der Waals surface area contributed by atoms with E-state index in [0.717, 1.165) is 9.13 Å². The van der Waals surface area contributed by atoms with E-state index in [1.54, 1.807) is 6.92 Å². The second-order valence-electron chi connectivity index (χ2n) is 4.74. The summed E-state index contributed by atoms with van der Waals surface area (Å²) in [5, 5.41) is 5.45. The summed E-state index contributed by atoms with van der Waals surface area (Å²) in [7, 11) is 0. The molecule has 0 radical (unpaired) electrons. The van der Waals surface area contributed by atoms with Gasteiger partial charge in [0.05, 0.1) is 12.6 Å². The molecule has 1 aromatic carbocycles. The van der Waals surface area contributed by atoms with Crippen LogP contribution in [0.4, 0.5) is 4.79 Å². The lowest BCUT2D eigenvalue weighted by molar-refractivity contribution is -0.114. The molecule has 6 heteroatoms. The molecule has 1 atom stereocenters. The normalized spacial score (nSPS) is 18.1. The predicted molar refractivity (Wildman–Crippen MR) is 88.1 cm³/mol. The minimum absolute atomic E-state index is 0.0775. The van der Waals surface area contributed by atoms with Gasteiger partial charge in [0.25, 0.3) is 0 Å². The average molecular weight is 400 g/mol. The average Bonchev–Trinajstić information content (AvgIpc) is 2.39. The Kier molecular flexibility index (Phi) is 4.87. The summed E-state index contributed by atoms with van der Waals surface area (Å²) < 4.78 is 6.65. The maximum atomic E-state index is 12.0. The highest BCUT2D eigenvalue weighted by Crippen LogP contribution is 2.34. The summed E-state index contributed by atoms with van der Waals surface area (Å²) in [4.78, 5) is 23.7. The molecule has 2 N–H and O–H groups in total. The molecular weight excluding hydrogens is 383 g/mol. The Balaban J connectivity index is 2.57. The predicted octanol–water partition coefficient (Wildman–Crippen LogP) is 2.91. The summed E-state index contributed by atoms with van der Waals surface area (Å²) in [6, 6.07) is 4.92. The zero-order valence-electron chi connectivity index (χ0n) is 12.1. The minimum atomic E-state index is -0.493. The zero-order valence-corrected chi connectivity index (χ0v) is 14.3. The lowest BCUT2D eigenvalue weighted by Crippen LogP contribution is -2.44. The Morgan fingerprint density at radius 1 is 1.43 bits per heavy atom. The van der Waals surface area contributed by atoms with Gasteiger partial charge >= 0.3 is 6.03 Å². The number of ketones is 1. The Morgan fingerprint density at radius 3 is 2.76 bits per heavy atom. The van der Waals surface area contributed by atoms with E-state index in [0.29, 0.717) is 23.6 Å². The number of carbonyl (C=O) groups is 2. The van der Waals surface area contributed by atoms with Gasteiger partial charge in [-0.25, -0.2) is 4.79 Å². The third-order valence-electron chi connectivity index (χ3n) is 3.23. The monoisotopic (exact) mass is 400 g/mol. The van der Waals surface area contributed by atoms with Gasteiger partial charge in [-0.3, -0.25) is 4.79 Å². The third-order valence-corrected chi connectivity index (χ3v) is 3.90. The molecule has 0 saturated carbocycles. The highest BCUT2D eigenvalue weighted by Gasteiger charge is 2.31. The first-order valence-electron chi connectivity index (χ1n) is 6.65. The van der Waals surface area contributed by atoms with E-state index in [1.807, 2.05) is 25.1 Å². The van der Waals surface area contributed by atoms with Gasteiger partial charge in [-0.15, -0.1) is 0 Å². The molecule has 5 nitrogen and oxygen atoms in total. The van der Waals surface area contributed by atoms with E-state index >= 15 is 0 Å². The number of allylic oxidation sites excluding steroid dienone is 1. The standard InChI is InChI=1S/C15H17IN2O3/c1-4-21-12-6-5-10(16)7-11(12)14-13(9(3)19)8(2)17-15(20)18-14/h5-7,14H,4H2,1-3H3,(H2,17,18,20)/t14-/m1/s1. The fourth-order valence-corrected chi connectivity index (χ4v) is 2.94. The number of amides is 2. The molecule has 0 spiro atoms. The molecule has 0 aromatic heterocycles. The van der Waals surface area contributed by atoms with Gasteiger partial charge in [-0.2, -0.15) is 0 Å². The van der Waals surface area contributed by atoms with Crippen molar-refractivity contribution in [3.8, 4) is 5.75 Å². The number of Topliss-reactive ketones (excluding diaryl/α,β-unsaturated/α-hetero) is 1. The molecule has 2 rings (SSSR count). The van der Waals surface area contributed by atoms with Crippen LogP contribution >= 0.6 is 22.6 Å². The molecule has 0 saturated heterocycles. The van der Waals surface area contributed by atoms with Crippen molar-refractivity contribution in [2.24, 2.45) is 0 Å². The summed E-state index contributed by atoms with van der Waals surface area (Å²) >= 11 is 2.20. The Labute approximate surface area is 137 Å². The number of hydrogen-bond donors (Lipinski definition) is 2. The van der Waals surface area contributed by atoms with Crippen molar-refractivity contribution in [3.05, 3.63) is 38.6 Å². The van der Waals surface area contributed by atoms with Gasteiger partial charge in [0.1, 0.15) is 5.75 Å². The van der Waals surface area contributed by atoms with Gasteiger partial charge < -0.3 is 15.4 Å². The number of halogens is 1. The van der Waals surface area contributed by atoms with E-state index in [9.17, 15) is 9.59 Å². The zero-order chi connectivity index (χ0) is 15.6. The van der Waals surface area contributed by atoms with Crippen LogP contribution in [0.2, 0.25) is 0 Å². The maximum Gasteiger partial charge on any atom is 0.319 e. The Bertz CT molecular complexity index is 625. The number of benzene rings is 1. The number of nitrogens with one attached hydrogen (secondary N) is 2. The van der Waals surface area contributed by atoms with Gasteiger partial charge in [0.15, 0.2) is 5.78 Å². The fourth-order valence-electron chi connectivity index (χ4n) is 2.43. The molecule has 0 aliphatic carbocycles. The number of ether oxygens (including phenoxy) is 1. The minimum Gasteiger partial charge on any atom is -0.494 e. The third kappa shape index (κ3) is 3.37. The highest BCUT2D eigenvalue weighted by molar-refractivity contribution is 14.1. The van der Waals surface area contributed by atoms with Crippen LogP contribution in [0.5, 0.6) is 5.75 Å². The molecule has 1 heterocycles. The van der Waals surface area contributed by atoms with E-state index in [4.69, 9.17) is 4.74 Å². The molecule has 1 aromatic rings. The van der Waals surface area contributed by atoms with E-state index in [1.165, 1.54) is 6.92 Å². The lowest BCUT2D eigenvalue weighted by Gasteiger charge is -2.29. The van der Waals surface area contributed by atoms with Gasteiger partial charge in [0.2, 0.25) is 0 Å². The SMILES string of the molecule is CCOc1ccc(I)cc1[C@H]1NC(=O)NC(C)=C1C(C)=O. The second-order valence-corrected chi connectivity index (χ2v) is 5.99. The van der Waals surface area contributed by atoms with Gasteiger partial charge in [0, 0.05) is 20.4 Å². The summed E-state index contributed by atoms with van der Waals surface area (Å²) in [5.74, 6) is 0.600. The number of carbonyl (C=O) groups excluding carboxylic acids is 2. The van der Waals surface area contributed by atoms with Crippen molar-refractivity contribution in [1.29, 1.82) is 0 Å². The smallest absolute Gasteiger partial charge is 0.319 e. The van der Waals surface area contributed by atoms with Crippen molar-refractivity contribution in [1.82, 2.24) is 10.6 Å². The molecule has 0 bridgehead atoms. The molecule has 21 heavy (non-hydrogen) atoms. The van der Waals surface area contributed by atoms with Gasteiger partial charge in [-0.1, -0.05) is 0 Å². The summed E-state index contributed by atoms with van der Waals surface area (Å²) in [6.45, 7) is 5.65. The molecular formula is C15H17IN2O3. The van der Waals surface area contributed by atoms with Crippen LogP contribution in [0.3, 0.4) is 0 Å². The molecule has 112 valence electrons. The van der Waals surface area contributed by atoms with Crippen LogP contribution in [0.25, 0.3) is 0 Å². The maximum absolute atomic E-state index is 12.0. The Morgan fingerprint density at radius 2 is 2.14 bits per heavy atom. The van der Waals surface area contributed by atoms with Crippen molar-refractivity contribution >= 4 is 34.4 Å². The number of hydrogen-bond acceptors (Lipinski definition) is 3. The van der Waals surface area contributed by atoms with Crippen LogP contribution < -0.4 is 15.4 Å². The largest absolute Gasteiger partial charge is 0.494 e. The van der Waals surface area contributed by atoms with Crippen molar-refractivity contribution in [2.75, 3.05) is 6.61 Å². The van der Waals surface area contributed by atoms with Crippen molar-refractivity contribution in [3.63, 3.8) is 0 Å². The van der Waals surface area contributed by atoms with Crippen LogP contribution in [-0.2, 0) is 4.79 Å². The van der Waals surface area contributed by atoms with E-state index in [-0.39, 0.29) is 11.8 Å². The van der Waals surface area contributed by atoms with E-state index in [2.05, 4.69) is 33.2 Å². The second kappa shape index (κ2) is 6.46. The van der Waals surface area contributed by atoms with Crippen molar-refractivity contribution in [2.45, 2.75) is 26.8 Å². The lowest BCUT2D eigenvalue weighted by atomic mass is 9.92. The molecule has 0 unspecified atom stereocenters. The van der Waals surface area contributed by atoms with Crippen LogP contribution in [-0.4, -0.2) is 18.4 Å². The first-order chi connectivity index (χ1) is 9.93. The summed E-state index contributed by atoms with van der Waals surface area (Å²) in [6.07, 6.45) is 0. The molecule has 1 aliphatic rings. The molecule has 1 aliphatic heterocycles. The molecule has 2 amide bonds. The molecule has 0 fully saturated rings.